The minimum absolute atomic E-state index is 0.0533. The summed E-state index contributed by atoms with van der Waals surface area (Å²) >= 11 is 3.03. The molecular formula is C24H28N4O2S2. The van der Waals surface area contributed by atoms with E-state index in [1.165, 1.54) is 37.4 Å². The molecule has 1 N–H and O–H groups in total. The number of carbonyl (C=O) groups excluding carboxylic acids is 1. The van der Waals surface area contributed by atoms with Gasteiger partial charge in [-0.25, -0.2) is 0 Å². The molecule has 2 aliphatic carbocycles. The molecule has 0 radical (unpaired) electrons. The molecule has 2 bridgehead atoms. The Labute approximate surface area is 196 Å². The van der Waals surface area contributed by atoms with Crippen molar-refractivity contribution in [3.8, 4) is 22.1 Å². The van der Waals surface area contributed by atoms with Gasteiger partial charge in [-0.05, 0) is 67.5 Å². The second kappa shape index (κ2) is 9.27. The lowest BCUT2D eigenvalue weighted by Gasteiger charge is -2.28. The number of nitrogens with zero attached hydrogens (tertiary/aromatic N) is 3. The highest BCUT2D eigenvalue weighted by Gasteiger charge is 2.42. The molecule has 5 rings (SSSR count). The molecule has 3 aromatic rings. The van der Waals surface area contributed by atoms with Crippen molar-refractivity contribution in [1.29, 1.82) is 0 Å². The van der Waals surface area contributed by atoms with Crippen LogP contribution in [0.15, 0.2) is 46.9 Å². The molecule has 6 nitrogen and oxygen atoms in total. The number of rotatable bonds is 8. The van der Waals surface area contributed by atoms with E-state index in [9.17, 15) is 4.79 Å². The first-order chi connectivity index (χ1) is 15.6. The second-order valence-electron chi connectivity index (χ2n) is 8.77. The van der Waals surface area contributed by atoms with Gasteiger partial charge in [0.15, 0.2) is 11.0 Å². The summed E-state index contributed by atoms with van der Waals surface area (Å²) in [5.74, 6) is 4.16. The predicted octanol–water partition coefficient (Wildman–Crippen LogP) is 5.04. The average Bonchev–Trinajstić information content (AvgIpc) is 3.61. The van der Waals surface area contributed by atoms with E-state index in [4.69, 9.17) is 4.74 Å². The summed E-state index contributed by atoms with van der Waals surface area (Å²) in [6, 6.07) is 12.1. The maximum absolute atomic E-state index is 12.8. The number of aromatic nitrogens is 3. The second-order valence-corrected chi connectivity index (χ2v) is 10.7. The summed E-state index contributed by atoms with van der Waals surface area (Å²) in [7, 11) is 1.66. The monoisotopic (exact) mass is 468 g/mol. The molecule has 2 aromatic heterocycles. The van der Waals surface area contributed by atoms with Crippen LogP contribution in [-0.4, -0.2) is 39.6 Å². The molecule has 168 valence electrons. The molecule has 32 heavy (non-hydrogen) atoms. The van der Waals surface area contributed by atoms with Crippen molar-refractivity contribution in [3.63, 3.8) is 0 Å². The quantitative estimate of drug-likeness (QED) is 0.469. The van der Waals surface area contributed by atoms with Crippen molar-refractivity contribution >= 4 is 29.0 Å². The fourth-order valence-corrected chi connectivity index (χ4v) is 6.85. The van der Waals surface area contributed by atoms with E-state index in [-0.39, 0.29) is 11.9 Å². The molecule has 1 aromatic carbocycles. The van der Waals surface area contributed by atoms with Crippen LogP contribution in [0, 0.1) is 17.8 Å². The first-order valence-corrected chi connectivity index (χ1v) is 13.1. The topological polar surface area (TPSA) is 69.0 Å². The third-order valence-electron chi connectivity index (χ3n) is 6.86. The smallest absolute Gasteiger partial charge is 0.230 e. The number of para-hydroxylation sites is 2. The molecule has 0 aliphatic heterocycles. The molecule has 0 saturated heterocycles. The summed E-state index contributed by atoms with van der Waals surface area (Å²) in [5.41, 5.74) is 0.863. The molecule has 2 fully saturated rings. The lowest BCUT2D eigenvalue weighted by Crippen LogP contribution is -2.40. The lowest BCUT2D eigenvalue weighted by molar-refractivity contribution is -0.119. The molecule has 2 saturated carbocycles. The molecule has 2 heterocycles. The van der Waals surface area contributed by atoms with Crippen LogP contribution in [0.4, 0.5) is 0 Å². The maximum Gasteiger partial charge on any atom is 0.230 e. The Morgan fingerprint density at radius 2 is 2.12 bits per heavy atom. The van der Waals surface area contributed by atoms with Crippen molar-refractivity contribution in [3.05, 3.63) is 41.8 Å². The largest absolute Gasteiger partial charge is 0.495 e. The fourth-order valence-electron chi connectivity index (χ4n) is 5.40. The molecule has 2 aliphatic rings. The van der Waals surface area contributed by atoms with Crippen molar-refractivity contribution < 1.29 is 9.53 Å². The SMILES string of the molecule is COc1ccccc1-n1c(SCC(=O)N[C@@H](C)[C@H]2C[C@H]3CC[C@H]2C3)nnc1-c1cccs1. The summed E-state index contributed by atoms with van der Waals surface area (Å²) < 4.78 is 7.58. The summed E-state index contributed by atoms with van der Waals surface area (Å²) in [4.78, 5) is 13.8. The standard InChI is InChI=1S/C24H28N4O2S2/c1-15(18-13-16-9-10-17(18)12-16)25-22(29)14-32-24-27-26-23(21-8-5-11-31-21)28(24)19-6-3-4-7-20(19)30-2/h3-8,11,15-18H,9-10,12-14H2,1-2H3,(H,25,29)/t15-,16-,17-,18+/m0/s1. The number of fused-ring (bicyclic) bond motifs is 2. The van der Waals surface area contributed by atoms with Gasteiger partial charge in [-0.2, -0.15) is 0 Å². The van der Waals surface area contributed by atoms with Crippen LogP contribution in [0.3, 0.4) is 0 Å². The van der Waals surface area contributed by atoms with E-state index in [1.54, 1.807) is 18.4 Å². The van der Waals surface area contributed by atoms with Gasteiger partial charge in [0.05, 0.1) is 23.4 Å². The molecule has 8 heteroatoms. The Morgan fingerprint density at radius 3 is 2.84 bits per heavy atom. The molecule has 0 spiro atoms. The number of benzene rings is 1. The Bertz CT molecular complexity index is 1080. The van der Waals surface area contributed by atoms with Crippen LogP contribution >= 0.6 is 23.1 Å². The number of amides is 1. The average molecular weight is 469 g/mol. The zero-order valence-electron chi connectivity index (χ0n) is 18.4. The molecule has 4 atom stereocenters. The first-order valence-electron chi connectivity index (χ1n) is 11.2. The number of ether oxygens (including phenoxy) is 1. The predicted molar refractivity (Wildman–Crippen MR) is 128 cm³/mol. The minimum atomic E-state index is 0.0533. The normalized spacial score (nSPS) is 22.8. The summed E-state index contributed by atoms with van der Waals surface area (Å²) in [6.07, 6.45) is 5.33. The van der Waals surface area contributed by atoms with Gasteiger partial charge in [0.2, 0.25) is 5.91 Å². The van der Waals surface area contributed by atoms with Gasteiger partial charge in [0.1, 0.15) is 5.75 Å². The van der Waals surface area contributed by atoms with Crippen molar-refractivity contribution in [2.24, 2.45) is 17.8 Å². The van der Waals surface area contributed by atoms with Gasteiger partial charge in [0.25, 0.3) is 0 Å². The van der Waals surface area contributed by atoms with Gasteiger partial charge in [-0.15, -0.1) is 21.5 Å². The first kappa shape index (κ1) is 21.5. The third-order valence-corrected chi connectivity index (χ3v) is 8.65. The van der Waals surface area contributed by atoms with Gasteiger partial charge in [-0.1, -0.05) is 36.4 Å². The Hall–Kier alpha value is -2.32. The van der Waals surface area contributed by atoms with Crippen LogP contribution in [0.25, 0.3) is 16.4 Å². The molecule has 1 amide bonds. The summed E-state index contributed by atoms with van der Waals surface area (Å²) in [6.45, 7) is 2.17. The zero-order valence-corrected chi connectivity index (χ0v) is 20.0. The Morgan fingerprint density at radius 1 is 1.25 bits per heavy atom. The fraction of sp³-hybridized carbons (Fsp3) is 0.458. The van der Waals surface area contributed by atoms with Crippen LogP contribution in [-0.2, 0) is 4.79 Å². The van der Waals surface area contributed by atoms with Crippen LogP contribution in [0.2, 0.25) is 0 Å². The third kappa shape index (κ3) is 4.18. The van der Waals surface area contributed by atoms with E-state index in [0.29, 0.717) is 16.8 Å². The number of hydrogen-bond donors (Lipinski definition) is 1. The zero-order chi connectivity index (χ0) is 22.1. The minimum Gasteiger partial charge on any atom is -0.495 e. The van der Waals surface area contributed by atoms with E-state index >= 15 is 0 Å². The number of carbonyl (C=O) groups is 1. The maximum atomic E-state index is 12.8. The van der Waals surface area contributed by atoms with Crippen LogP contribution < -0.4 is 10.1 Å². The Kier molecular flexibility index (Phi) is 6.24. The lowest BCUT2D eigenvalue weighted by atomic mass is 9.84. The Balaban J connectivity index is 1.33. The molecule has 0 unspecified atom stereocenters. The number of methoxy groups -OCH3 is 1. The van der Waals surface area contributed by atoms with E-state index in [0.717, 1.165) is 34.0 Å². The highest BCUT2D eigenvalue weighted by atomic mass is 32.2. The number of thiophene rings is 1. The highest BCUT2D eigenvalue weighted by molar-refractivity contribution is 7.99. The van der Waals surface area contributed by atoms with Crippen molar-refractivity contribution in [2.45, 2.75) is 43.8 Å². The van der Waals surface area contributed by atoms with Gasteiger partial charge in [0, 0.05) is 6.04 Å². The van der Waals surface area contributed by atoms with Gasteiger partial charge >= 0.3 is 0 Å². The van der Waals surface area contributed by atoms with Crippen LogP contribution in [0.1, 0.15) is 32.6 Å². The van der Waals surface area contributed by atoms with E-state index in [2.05, 4.69) is 22.4 Å². The highest BCUT2D eigenvalue weighted by Crippen LogP contribution is 2.49. The number of thioether (sulfide) groups is 1. The molecular weight excluding hydrogens is 440 g/mol. The van der Waals surface area contributed by atoms with Crippen molar-refractivity contribution in [2.75, 3.05) is 12.9 Å². The van der Waals surface area contributed by atoms with Gasteiger partial charge < -0.3 is 10.1 Å². The van der Waals surface area contributed by atoms with Crippen LogP contribution in [0.5, 0.6) is 5.75 Å². The van der Waals surface area contributed by atoms with Crippen molar-refractivity contribution in [1.82, 2.24) is 20.1 Å². The van der Waals surface area contributed by atoms with E-state index < -0.39 is 0 Å². The number of hydrogen-bond acceptors (Lipinski definition) is 6. The summed E-state index contributed by atoms with van der Waals surface area (Å²) in [5, 5.41) is 14.8. The van der Waals surface area contributed by atoms with Gasteiger partial charge in [-0.3, -0.25) is 9.36 Å². The number of nitrogens with one attached hydrogen (secondary N) is 1. The van der Waals surface area contributed by atoms with E-state index in [1.807, 2.05) is 46.3 Å².